The average Bonchev–Trinajstić information content (AvgIpc) is 3.13. The van der Waals surface area contributed by atoms with Crippen LogP contribution in [0.1, 0.15) is 40.0 Å². The Morgan fingerprint density at radius 2 is 2.17 bits per heavy atom. The van der Waals surface area contributed by atoms with Crippen LogP contribution in [0.3, 0.4) is 0 Å². The Kier molecular flexibility index (Phi) is 6.83. The van der Waals surface area contributed by atoms with Crippen LogP contribution in [0.5, 0.6) is 0 Å². The van der Waals surface area contributed by atoms with E-state index in [-0.39, 0.29) is 35.9 Å². The first-order chi connectivity index (χ1) is 13.9. The number of amides is 2. The fraction of sp³-hybridized carbons (Fsp3) is 0.632. The van der Waals surface area contributed by atoms with Gasteiger partial charge in [0.05, 0.1) is 5.92 Å². The Balaban J connectivity index is 1.77. The van der Waals surface area contributed by atoms with Gasteiger partial charge in [0.2, 0.25) is 11.8 Å². The van der Waals surface area contributed by atoms with Crippen LogP contribution >= 0.6 is 11.3 Å². The van der Waals surface area contributed by atoms with E-state index in [0.29, 0.717) is 28.6 Å². The summed E-state index contributed by atoms with van der Waals surface area (Å²) in [6.07, 6.45) is 4.03. The van der Waals surface area contributed by atoms with Crippen LogP contribution in [0, 0.1) is 5.92 Å². The van der Waals surface area contributed by atoms with Crippen molar-refractivity contribution in [3.63, 3.8) is 0 Å². The van der Waals surface area contributed by atoms with E-state index in [9.17, 15) is 14.4 Å². The van der Waals surface area contributed by atoms with Crippen LogP contribution < -0.4 is 21.1 Å². The van der Waals surface area contributed by atoms with E-state index in [4.69, 9.17) is 0 Å². The molecule has 3 rings (SSSR count). The van der Waals surface area contributed by atoms with Crippen LogP contribution in [0.25, 0.3) is 10.3 Å². The molecular weight excluding hydrogens is 392 g/mol. The van der Waals surface area contributed by atoms with Crippen LogP contribution in [-0.2, 0) is 16.1 Å². The Morgan fingerprint density at radius 3 is 2.90 bits per heavy atom. The smallest absolute Gasteiger partial charge is 0.273 e. The minimum atomic E-state index is -0.271. The van der Waals surface area contributed by atoms with Gasteiger partial charge in [-0.2, -0.15) is 4.98 Å². The molecule has 1 aliphatic heterocycles. The van der Waals surface area contributed by atoms with Crippen molar-refractivity contribution in [1.29, 1.82) is 0 Å². The Hall–Kier alpha value is -2.49. The van der Waals surface area contributed by atoms with Crippen molar-refractivity contribution in [2.45, 2.75) is 52.6 Å². The molecule has 29 heavy (non-hydrogen) atoms. The first kappa shape index (κ1) is 21.2. The number of fused-ring (bicyclic) bond motifs is 1. The Bertz CT molecular complexity index is 938. The van der Waals surface area contributed by atoms with E-state index in [2.05, 4.69) is 25.5 Å². The third-order valence-electron chi connectivity index (χ3n) is 4.75. The molecule has 0 spiro atoms. The molecule has 2 aromatic rings. The first-order valence-corrected chi connectivity index (χ1v) is 10.9. The van der Waals surface area contributed by atoms with Crippen LogP contribution in [0.2, 0.25) is 0 Å². The summed E-state index contributed by atoms with van der Waals surface area (Å²) < 4.78 is 1.73. The second-order valence-electron chi connectivity index (χ2n) is 7.63. The molecule has 2 aromatic heterocycles. The maximum Gasteiger partial charge on any atom is 0.273 e. The normalized spacial score (nSPS) is 17.0. The molecule has 1 aliphatic rings. The van der Waals surface area contributed by atoms with E-state index in [0.717, 1.165) is 25.8 Å². The fourth-order valence-electron chi connectivity index (χ4n) is 3.36. The lowest BCUT2D eigenvalue weighted by molar-refractivity contribution is -0.125. The van der Waals surface area contributed by atoms with Crippen LogP contribution in [-0.4, -0.2) is 52.0 Å². The van der Waals surface area contributed by atoms with Crippen molar-refractivity contribution in [2.75, 3.05) is 24.5 Å². The molecule has 1 unspecified atom stereocenters. The topological polar surface area (TPSA) is 109 Å². The molecule has 3 heterocycles. The lowest BCUT2D eigenvalue weighted by atomic mass is 9.97. The molecule has 2 N–H and O–H groups in total. The zero-order valence-electron chi connectivity index (χ0n) is 17.1. The molecule has 1 saturated heterocycles. The zero-order chi connectivity index (χ0) is 21.0. The third kappa shape index (κ3) is 5.11. The Labute approximate surface area is 173 Å². The highest BCUT2D eigenvalue weighted by molar-refractivity contribution is 7.22. The predicted molar refractivity (Wildman–Crippen MR) is 113 cm³/mol. The number of piperidine rings is 1. The van der Waals surface area contributed by atoms with Crippen molar-refractivity contribution in [1.82, 2.24) is 25.2 Å². The van der Waals surface area contributed by atoms with Gasteiger partial charge < -0.3 is 15.5 Å². The van der Waals surface area contributed by atoms with Crippen molar-refractivity contribution >= 4 is 38.6 Å². The van der Waals surface area contributed by atoms with Crippen molar-refractivity contribution < 1.29 is 9.59 Å². The second-order valence-corrected chi connectivity index (χ2v) is 8.60. The minimum absolute atomic E-state index is 0.00599. The van der Waals surface area contributed by atoms with E-state index in [1.165, 1.54) is 22.2 Å². The molecule has 10 heteroatoms. The van der Waals surface area contributed by atoms with Crippen LogP contribution in [0.15, 0.2) is 11.1 Å². The summed E-state index contributed by atoms with van der Waals surface area (Å²) in [6.45, 7) is 7.75. The molecule has 0 aromatic carbocycles. The summed E-state index contributed by atoms with van der Waals surface area (Å²) >= 11 is 1.27. The summed E-state index contributed by atoms with van der Waals surface area (Å²) in [6, 6.07) is 0.00599. The number of rotatable bonds is 7. The molecule has 1 fully saturated rings. The largest absolute Gasteiger partial charge is 0.356 e. The number of carbonyl (C=O) groups is 2. The molecule has 2 amide bonds. The van der Waals surface area contributed by atoms with Gasteiger partial charge in [-0.1, -0.05) is 18.3 Å². The molecule has 0 bridgehead atoms. The maximum absolute atomic E-state index is 12.8. The number of hydrogen-bond donors (Lipinski definition) is 2. The Morgan fingerprint density at radius 1 is 1.38 bits per heavy atom. The summed E-state index contributed by atoms with van der Waals surface area (Å²) in [4.78, 5) is 47.9. The molecule has 1 atom stereocenters. The first-order valence-electron chi connectivity index (χ1n) is 10.1. The van der Waals surface area contributed by atoms with Gasteiger partial charge in [-0.25, -0.2) is 4.98 Å². The van der Waals surface area contributed by atoms with Gasteiger partial charge in [-0.3, -0.25) is 19.0 Å². The van der Waals surface area contributed by atoms with E-state index >= 15 is 0 Å². The summed E-state index contributed by atoms with van der Waals surface area (Å²) in [5, 5.41) is 6.43. The molecule has 158 valence electrons. The highest BCUT2D eigenvalue weighted by atomic mass is 32.1. The highest BCUT2D eigenvalue weighted by Gasteiger charge is 2.27. The summed E-state index contributed by atoms with van der Waals surface area (Å²) in [5.41, 5.74) is 0.111. The quantitative estimate of drug-likeness (QED) is 0.695. The second kappa shape index (κ2) is 9.34. The van der Waals surface area contributed by atoms with Gasteiger partial charge in [0, 0.05) is 25.7 Å². The number of thiazole rings is 1. The summed E-state index contributed by atoms with van der Waals surface area (Å²) in [7, 11) is 0. The van der Waals surface area contributed by atoms with Gasteiger partial charge in [0.15, 0.2) is 10.8 Å². The molecule has 0 saturated carbocycles. The van der Waals surface area contributed by atoms with Crippen molar-refractivity contribution in [3.05, 3.63) is 16.7 Å². The summed E-state index contributed by atoms with van der Waals surface area (Å²) in [5.74, 6) is -0.231. The SMILES string of the molecule is CCCNC(=O)C1CCCN(c2nc3ncn(CC(=O)NC(C)C)c(=O)c3s2)C1. The van der Waals surface area contributed by atoms with Crippen molar-refractivity contribution in [2.24, 2.45) is 5.92 Å². The number of anilines is 1. The maximum atomic E-state index is 12.8. The molecule has 0 aliphatic carbocycles. The predicted octanol–water partition coefficient (Wildman–Crippen LogP) is 1.12. The zero-order valence-corrected chi connectivity index (χ0v) is 17.9. The number of carbonyl (C=O) groups excluding carboxylic acids is 2. The number of nitrogens with one attached hydrogen (secondary N) is 2. The molecular formula is C19H28N6O3S. The van der Waals surface area contributed by atoms with E-state index in [1.54, 1.807) is 0 Å². The third-order valence-corrected chi connectivity index (χ3v) is 5.84. The average molecular weight is 421 g/mol. The van der Waals surface area contributed by atoms with Crippen molar-refractivity contribution in [3.8, 4) is 0 Å². The number of aromatic nitrogens is 3. The standard InChI is InChI=1S/C19H28N6O3S/c1-4-7-20-17(27)13-6-5-8-24(9-13)19-23-16-15(29-19)18(28)25(11-21-16)10-14(26)22-12(2)3/h11-13H,4-10H2,1-3H3,(H,20,27)(H,22,26). The van der Waals surface area contributed by atoms with Gasteiger partial charge in [0.25, 0.3) is 5.56 Å². The highest BCUT2D eigenvalue weighted by Crippen LogP contribution is 2.29. The van der Waals surface area contributed by atoms with E-state index < -0.39 is 0 Å². The number of hydrogen-bond acceptors (Lipinski definition) is 7. The lowest BCUT2D eigenvalue weighted by Gasteiger charge is -2.31. The van der Waals surface area contributed by atoms with Crippen LogP contribution in [0.4, 0.5) is 5.13 Å². The molecule has 0 radical (unpaired) electrons. The van der Waals surface area contributed by atoms with Gasteiger partial charge in [0.1, 0.15) is 17.6 Å². The fourth-order valence-corrected chi connectivity index (χ4v) is 4.37. The van der Waals surface area contributed by atoms with E-state index in [1.807, 2.05) is 20.8 Å². The van der Waals surface area contributed by atoms with Gasteiger partial charge in [-0.05, 0) is 33.1 Å². The monoisotopic (exact) mass is 420 g/mol. The van der Waals surface area contributed by atoms with Gasteiger partial charge in [-0.15, -0.1) is 0 Å². The van der Waals surface area contributed by atoms with Gasteiger partial charge >= 0.3 is 0 Å². The minimum Gasteiger partial charge on any atom is -0.356 e. The molecule has 9 nitrogen and oxygen atoms in total. The lowest BCUT2D eigenvalue weighted by Crippen LogP contribution is -2.43. The number of nitrogens with zero attached hydrogens (tertiary/aromatic N) is 4.